The lowest BCUT2D eigenvalue weighted by Crippen LogP contribution is -2.51. The molecule has 0 radical (unpaired) electrons. The van der Waals surface area contributed by atoms with Crippen molar-refractivity contribution < 1.29 is 24.5 Å². The molecule has 1 aliphatic rings. The molecule has 7 heteroatoms. The number of aromatic hydroxyl groups is 1. The normalized spacial score (nSPS) is 16.9. The summed E-state index contributed by atoms with van der Waals surface area (Å²) < 4.78 is 5.09. The van der Waals surface area contributed by atoms with Gasteiger partial charge in [0.05, 0.1) is 19.1 Å². The molecule has 1 aromatic carbocycles. The van der Waals surface area contributed by atoms with Gasteiger partial charge >= 0.3 is 5.97 Å². The lowest BCUT2D eigenvalue weighted by Gasteiger charge is -2.37. The molecule has 0 bridgehead atoms. The van der Waals surface area contributed by atoms with Crippen LogP contribution in [-0.4, -0.2) is 71.2 Å². The van der Waals surface area contributed by atoms with E-state index in [0.717, 1.165) is 0 Å². The Hall–Kier alpha value is -2.28. The van der Waals surface area contributed by atoms with Gasteiger partial charge in [-0.2, -0.15) is 0 Å². The quantitative estimate of drug-likeness (QED) is 0.841. The van der Waals surface area contributed by atoms with Gasteiger partial charge in [0.1, 0.15) is 11.5 Å². The number of ether oxygens (including phenoxy) is 1. The van der Waals surface area contributed by atoms with Crippen LogP contribution >= 0.6 is 0 Å². The summed E-state index contributed by atoms with van der Waals surface area (Å²) in [5.41, 5.74) is 0.219. The molecule has 1 atom stereocenters. The van der Waals surface area contributed by atoms with E-state index < -0.39 is 5.97 Å². The molecule has 126 valence electrons. The summed E-state index contributed by atoms with van der Waals surface area (Å²) >= 11 is 0. The molecule has 1 aliphatic heterocycles. The van der Waals surface area contributed by atoms with E-state index in [1.807, 2.05) is 6.92 Å². The summed E-state index contributed by atoms with van der Waals surface area (Å²) in [5.74, 6) is -0.624. The number of methoxy groups -OCH3 is 1. The van der Waals surface area contributed by atoms with Crippen molar-refractivity contribution in [3.63, 3.8) is 0 Å². The number of hydrogen-bond acceptors (Lipinski definition) is 5. The molecule has 7 nitrogen and oxygen atoms in total. The zero-order chi connectivity index (χ0) is 17.0. The van der Waals surface area contributed by atoms with E-state index in [4.69, 9.17) is 9.84 Å². The maximum atomic E-state index is 12.5. The van der Waals surface area contributed by atoms with Crippen molar-refractivity contribution in [2.24, 2.45) is 0 Å². The SMILES string of the molecule is COc1ccc(O)c(C(=O)N2CCN(C(C)CC(=O)O)CC2)c1. The minimum Gasteiger partial charge on any atom is -0.507 e. The first-order valence-electron chi connectivity index (χ1n) is 7.54. The van der Waals surface area contributed by atoms with E-state index in [0.29, 0.717) is 31.9 Å². The van der Waals surface area contributed by atoms with E-state index in [9.17, 15) is 14.7 Å². The number of carbonyl (C=O) groups is 2. The summed E-state index contributed by atoms with van der Waals surface area (Å²) in [6.45, 7) is 4.11. The second-order valence-electron chi connectivity index (χ2n) is 5.66. The molecule has 1 unspecified atom stereocenters. The molecule has 2 rings (SSSR count). The van der Waals surface area contributed by atoms with E-state index in [2.05, 4.69) is 4.90 Å². The molecule has 1 saturated heterocycles. The highest BCUT2D eigenvalue weighted by molar-refractivity contribution is 5.97. The Bertz CT molecular complexity index is 582. The maximum absolute atomic E-state index is 12.5. The summed E-state index contributed by atoms with van der Waals surface area (Å²) in [7, 11) is 1.50. The molecule has 1 fully saturated rings. The van der Waals surface area contributed by atoms with Crippen LogP contribution in [0.3, 0.4) is 0 Å². The van der Waals surface area contributed by atoms with Crippen LogP contribution < -0.4 is 4.74 Å². The highest BCUT2D eigenvalue weighted by Gasteiger charge is 2.27. The van der Waals surface area contributed by atoms with Crippen LogP contribution in [0.4, 0.5) is 0 Å². The molecule has 0 aliphatic carbocycles. The number of phenols is 1. The van der Waals surface area contributed by atoms with Crippen molar-refractivity contribution >= 4 is 11.9 Å². The first-order valence-corrected chi connectivity index (χ1v) is 7.54. The molecular formula is C16H22N2O5. The first-order chi connectivity index (χ1) is 10.9. The van der Waals surface area contributed by atoms with Gasteiger partial charge in [-0.15, -0.1) is 0 Å². The minimum absolute atomic E-state index is 0.0602. The fraction of sp³-hybridized carbons (Fsp3) is 0.500. The Morgan fingerprint density at radius 2 is 1.91 bits per heavy atom. The molecule has 1 heterocycles. The summed E-state index contributed by atoms with van der Waals surface area (Å²) in [5, 5.41) is 18.7. The van der Waals surface area contributed by atoms with Gasteiger partial charge in [-0.1, -0.05) is 0 Å². The Labute approximate surface area is 135 Å². The van der Waals surface area contributed by atoms with E-state index in [1.165, 1.54) is 19.2 Å². The van der Waals surface area contributed by atoms with Crippen molar-refractivity contribution in [3.8, 4) is 11.5 Å². The molecule has 2 N–H and O–H groups in total. The highest BCUT2D eigenvalue weighted by atomic mass is 16.5. The van der Waals surface area contributed by atoms with Crippen LogP contribution in [0, 0.1) is 0 Å². The Balaban J connectivity index is 2.00. The van der Waals surface area contributed by atoms with Crippen LogP contribution in [0.25, 0.3) is 0 Å². The van der Waals surface area contributed by atoms with Gasteiger partial charge in [0.25, 0.3) is 5.91 Å². The van der Waals surface area contributed by atoms with Gasteiger partial charge in [-0.25, -0.2) is 0 Å². The van der Waals surface area contributed by atoms with Crippen LogP contribution in [0.15, 0.2) is 18.2 Å². The largest absolute Gasteiger partial charge is 0.507 e. The number of nitrogens with zero attached hydrogens (tertiary/aromatic N) is 2. The molecule has 0 saturated carbocycles. The standard InChI is InChI=1S/C16H22N2O5/c1-11(9-15(20)21)17-5-7-18(8-6-17)16(22)13-10-12(23-2)3-4-14(13)19/h3-4,10-11,19H,5-9H2,1-2H3,(H,20,21). The monoisotopic (exact) mass is 322 g/mol. The van der Waals surface area contributed by atoms with Crippen LogP contribution in [-0.2, 0) is 4.79 Å². The molecule has 1 aromatic rings. The Morgan fingerprint density at radius 3 is 2.48 bits per heavy atom. The van der Waals surface area contributed by atoms with Gasteiger partial charge < -0.3 is 19.8 Å². The number of aliphatic carboxylic acids is 1. The van der Waals surface area contributed by atoms with Crippen molar-refractivity contribution in [1.82, 2.24) is 9.80 Å². The van der Waals surface area contributed by atoms with Crippen LogP contribution in [0.1, 0.15) is 23.7 Å². The topological polar surface area (TPSA) is 90.3 Å². The summed E-state index contributed by atoms with van der Waals surface area (Å²) in [4.78, 5) is 27.0. The van der Waals surface area contributed by atoms with Gasteiger partial charge in [0, 0.05) is 32.2 Å². The number of rotatable bonds is 5. The third-order valence-electron chi connectivity index (χ3n) is 4.13. The minimum atomic E-state index is -0.822. The lowest BCUT2D eigenvalue weighted by atomic mass is 10.1. The average molecular weight is 322 g/mol. The van der Waals surface area contributed by atoms with Crippen molar-refractivity contribution in [2.45, 2.75) is 19.4 Å². The third-order valence-corrected chi connectivity index (χ3v) is 4.13. The van der Waals surface area contributed by atoms with Crippen molar-refractivity contribution in [1.29, 1.82) is 0 Å². The second-order valence-corrected chi connectivity index (χ2v) is 5.66. The zero-order valence-electron chi connectivity index (χ0n) is 13.4. The molecule has 0 aromatic heterocycles. The second kappa shape index (κ2) is 7.32. The molecule has 1 amide bonds. The van der Waals surface area contributed by atoms with Gasteiger partial charge in [-0.05, 0) is 25.1 Å². The number of amides is 1. The fourth-order valence-corrected chi connectivity index (χ4v) is 2.73. The smallest absolute Gasteiger partial charge is 0.304 e. The predicted octanol–water partition coefficient (Wildman–Crippen LogP) is 1.02. The zero-order valence-corrected chi connectivity index (χ0v) is 13.4. The number of carboxylic acid groups (broad SMARTS) is 1. The molecule has 0 spiro atoms. The number of carboxylic acids is 1. The fourth-order valence-electron chi connectivity index (χ4n) is 2.73. The number of phenolic OH excluding ortho intramolecular Hbond substituents is 1. The molecular weight excluding hydrogens is 300 g/mol. The summed E-state index contributed by atoms with van der Waals surface area (Å²) in [6.07, 6.45) is 0.0879. The number of hydrogen-bond donors (Lipinski definition) is 2. The van der Waals surface area contributed by atoms with E-state index in [1.54, 1.807) is 11.0 Å². The van der Waals surface area contributed by atoms with Crippen LogP contribution in [0.2, 0.25) is 0 Å². The highest BCUT2D eigenvalue weighted by Crippen LogP contribution is 2.25. The number of carbonyl (C=O) groups excluding carboxylic acids is 1. The number of benzene rings is 1. The Morgan fingerprint density at radius 1 is 1.26 bits per heavy atom. The van der Waals surface area contributed by atoms with Crippen molar-refractivity contribution in [2.75, 3.05) is 33.3 Å². The van der Waals surface area contributed by atoms with Gasteiger partial charge in [0.15, 0.2) is 0 Å². The lowest BCUT2D eigenvalue weighted by molar-refractivity contribution is -0.138. The Kier molecular flexibility index (Phi) is 5.44. The average Bonchev–Trinajstić information content (AvgIpc) is 2.54. The predicted molar refractivity (Wildman–Crippen MR) is 83.9 cm³/mol. The van der Waals surface area contributed by atoms with E-state index in [-0.39, 0.29) is 29.7 Å². The maximum Gasteiger partial charge on any atom is 0.304 e. The molecule has 23 heavy (non-hydrogen) atoms. The van der Waals surface area contributed by atoms with Crippen molar-refractivity contribution in [3.05, 3.63) is 23.8 Å². The van der Waals surface area contributed by atoms with Crippen LogP contribution in [0.5, 0.6) is 11.5 Å². The van der Waals surface area contributed by atoms with Gasteiger partial charge in [0.2, 0.25) is 0 Å². The first kappa shape index (κ1) is 17.1. The third kappa shape index (κ3) is 4.13. The van der Waals surface area contributed by atoms with E-state index >= 15 is 0 Å². The summed E-state index contributed by atoms with van der Waals surface area (Å²) in [6, 6.07) is 4.50. The van der Waals surface area contributed by atoms with Gasteiger partial charge in [-0.3, -0.25) is 14.5 Å². The number of piperazine rings is 1.